The molecule has 0 saturated carbocycles. The molecule has 0 fully saturated rings. The van der Waals surface area contributed by atoms with Gasteiger partial charge in [-0.2, -0.15) is 13.2 Å². The topological polar surface area (TPSA) is 21.2 Å². The van der Waals surface area contributed by atoms with E-state index in [0.29, 0.717) is 16.4 Å². The lowest BCUT2D eigenvalue weighted by atomic mass is 9.95. The van der Waals surface area contributed by atoms with E-state index in [1.54, 1.807) is 18.5 Å². The van der Waals surface area contributed by atoms with E-state index in [-0.39, 0.29) is 5.39 Å². The molecule has 0 N–H and O–H groups in total. The van der Waals surface area contributed by atoms with Crippen LogP contribution in [0.5, 0.6) is 0 Å². The molecule has 0 aliphatic rings. The normalized spacial score (nSPS) is 13.0. The molecule has 0 radical (unpaired) electrons. The molecule has 0 aliphatic heterocycles. The van der Waals surface area contributed by atoms with E-state index in [1.165, 1.54) is 6.07 Å². The van der Waals surface area contributed by atoms with Gasteiger partial charge in [-0.05, 0) is 40.4 Å². The Hall–Kier alpha value is -3.93. The van der Waals surface area contributed by atoms with Crippen molar-refractivity contribution in [2.75, 3.05) is 0 Å². The number of hydrogen-bond donors (Lipinski definition) is 0. The lowest BCUT2D eigenvalue weighted by Crippen LogP contribution is -2.30. The van der Waals surface area contributed by atoms with E-state index in [0.717, 1.165) is 43.7 Å². The second kappa shape index (κ2) is 5.90. The molecule has 4 aromatic carbocycles. The number of alkyl halides is 3. The largest absolute Gasteiger partial charge is 0.417 e. The zero-order chi connectivity index (χ0) is 22.6. The van der Waals surface area contributed by atoms with E-state index in [1.807, 2.05) is 40.3 Å². The summed E-state index contributed by atoms with van der Waals surface area (Å²) in [6.45, 7) is 2.09. The molecule has 3 aromatic heterocycles. The van der Waals surface area contributed by atoms with Gasteiger partial charge >= 0.3 is 6.18 Å². The fraction of sp³-hybridized carbons (Fsp3) is 0.111. The van der Waals surface area contributed by atoms with Crippen LogP contribution < -0.4 is 4.57 Å². The molecule has 7 aromatic rings. The summed E-state index contributed by atoms with van der Waals surface area (Å²) < 4.78 is 46.9. The molecule has 33 heavy (non-hydrogen) atoms. The fourth-order valence-corrected chi connectivity index (χ4v) is 5.63. The van der Waals surface area contributed by atoms with Gasteiger partial charge in [0, 0.05) is 22.2 Å². The van der Waals surface area contributed by atoms with Gasteiger partial charge in [0.25, 0.3) is 6.33 Å². The first-order valence-electron chi connectivity index (χ1n) is 10.7. The Morgan fingerprint density at radius 2 is 1.58 bits per heavy atom. The van der Waals surface area contributed by atoms with Gasteiger partial charge < -0.3 is 4.40 Å². The Morgan fingerprint density at radius 1 is 0.848 bits per heavy atom. The lowest BCUT2D eigenvalue weighted by molar-refractivity contribution is -0.646. The molecule has 0 amide bonds. The number of benzene rings is 4. The monoisotopic (exact) mass is 440 g/mol. The molecular formula is C27H17F3N3+. The highest BCUT2D eigenvalue weighted by molar-refractivity contribution is 6.28. The number of halogens is 3. The number of aryl methyl sites for hydroxylation is 2. The first-order valence-corrected chi connectivity index (χ1v) is 10.7. The second-order valence-corrected chi connectivity index (χ2v) is 8.71. The molecule has 6 heteroatoms. The molecule has 0 saturated heterocycles. The molecule has 0 atom stereocenters. The predicted octanol–water partition coefficient (Wildman–Crippen LogP) is 6.69. The Bertz CT molecular complexity index is 1930. The number of fused-ring (bicyclic) bond motifs is 7. The summed E-state index contributed by atoms with van der Waals surface area (Å²) in [6, 6.07) is 18.8. The van der Waals surface area contributed by atoms with Crippen molar-refractivity contribution >= 4 is 59.9 Å². The number of nitrogens with zero attached hydrogens (tertiary/aromatic N) is 3. The van der Waals surface area contributed by atoms with Crippen molar-refractivity contribution < 1.29 is 17.7 Å². The van der Waals surface area contributed by atoms with Crippen LogP contribution in [0.3, 0.4) is 0 Å². The summed E-state index contributed by atoms with van der Waals surface area (Å²) in [5, 5.41) is 4.80. The molecule has 7 rings (SSSR count). The quantitative estimate of drug-likeness (QED) is 0.146. The molecule has 0 bridgehead atoms. The van der Waals surface area contributed by atoms with Crippen LogP contribution in [0.2, 0.25) is 0 Å². The van der Waals surface area contributed by atoms with Crippen LogP contribution >= 0.6 is 0 Å². The van der Waals surface area contributed by atoms with Crippen LogP contribution in [-0.4, -0.2) is 9.38 Å². The standard InChI is InChI=1S/C27H17F3N3/c1-14-16-8-4-3-7-15(16)11-21-22(14)25-24-19(31-13-32(25)2)12-18(27(28,29)30)23-17-9-5-6-10-20(17)33(21)26(23)24/h3-13H,1-2H3/q+1. The maximum absolute atomic E-state index is 14.3. The van der Waals surface area contributed by atoms with Crippen LogP contribution in [0.1, 0.15) is 11.1 Å². The minimum atomic E-state index is -4.50. The van der Waals surface area contributed by atoms with Gasteiger partial charge in [-0.25, -0.2) is 4.57 Å². The molecule has 3 heterocycles. The smallest absolute Gasteiger partial charge is 0.307 e. The van der Waals surface area contributed by atoms with Crippen molar-refractivity contribution in [3.8, 4) is 0 Å². The van der Waals surface area contributed by atoms with Gasteiger partial charge in [-0.15, -0.1) is 0 Å². The molecule has 0 unspecified atom stereocenters. The highest BCUT2D eigenvalue weighted by atomic mass is 19.4. The van der Waals surface area contributed by atoms with Crippen LogP contribution in [0, 0.1) is 6.92 Å². The number of pyridine rings is 1. The second-order valence-electron chi connectivity index (χ2n) is 8.71. The van der Waals surface area contributed by atoms with Gasteiger partial charge in [0.05, 0.1) is 34.5 Å². The molecular weight excluding hydrogens is 423 g/mol. The third kappa shape index (κ3) is 2.20. The van der Waals surface area contributed by atoms with E-state index in [4.69, 9.17) is 0 Å². The van der Waals surface area contributed by atoms with E-state index >= 15 is 0 Å². The van der Waals surface area contributed by atoms with Gasteiger partial charge in [-0.1, -0.05) is 42.5 Å². The summed E-state index contributed by atoms with van der Waals surface area (Å²) in [7, 11) is 1.90. The highest BCUT2D eigenvalue weighted by Crippen LogP contribution is 2.46. The third-order valence-electron chi connectivity index (χ3n) is 6.95. The van der Waals surface area contributed by atoms with Crippen molar-refractivity contribution in [1.29, 1.82) is 0 Å². The van der Waals surface area contributed by atoms with Crippen LogP contribution in [-0.2, 0) is 13.2 Å². The van der Waals surface area contributed by atoms with Crippen LogP contribution in [0.4, 0.5) is 13.2 Å². The highest BCUT2D eigenvalue weighted by Gasteiger charge is 2.37. The number of rotatable bonds is 0. The van der Waals surface area contributed by atoms with E-state index in [2.05, 4.69) is 30.1 Å². The minimum Gasteiger partial charge on any atom is -0.307 e. The summed E-state index contributed by atoms with van der Waals surface area (Å²) in [5.74, 6) is 0. The van der Waals surface area contributed by atoms with Crippen LogP contribution in [0.25, 0.3) is 59.9 Å². The number of hydrogen-bond acceptors (Lipinski definition) is 1. The SMILES string of the molecule is Cc1c2ccccc2cc2c1c1c3c(cc(C(F)(F)F)c4c5ccccc5n2c43)nc[n+]1C. The minimum absolute atomic E-state index is 0.233. The maximum Gasteiger partial charge on any atom is 0.417 e. The zero-order valence-electron chi connectivity index (χ0n) is 17.8. The van der Waals surface area contributed by atoms with Gasteiger partial charge in [0.15, 0.2) is 5.52 Å². The van der Waals surface area contributed by atoms with Gasteiger partial charge in [-0.3, -0.25) is 0 Å². The van der Waals surface area contributed by atoms with E-state index in [9.17, 15) is 13.2 Å². The number of para-hydroxylation sites is 1. The molecule has 0 aliphatic carbocycles. The third-order valence-corrected chi connectivity index (χ3v) is 6.95. The van der Waals surface area contributed by atoms with Crippen molar-refractivity contribution in [2.45, 2.75) is 13.1 Å². The summed E-state index contributed by atoms with van der Waals surface area (Å²) in [6.07, 6.45) is -2.89. The number of aromatic nitrogens is 3. The predicted molar refractivity (Wildman–Crippen MR) is 125 cm³/mol. The van der Waals surface area contributed by atoms with Crippen molar-refractivity contribution in [2.24, 2.45) is 7.05 Å². The molecule has 160 valence electrons. The van der Waals surface area contributed by atoms with Crippen LogP contribution in [0.15, 0.2) is 67.0 Å². The Kier molecular flexibility index (Phi) is 3.33. The van der Waals surface area contributed by atoms with Crippen molar-refractivity contribution in [1.82, 2.24) is 9.38 Å². The first kappa shape index (κ1) is 18.6. The van der Waals surface area contributed by atoms with Crippen molar-refractivity contribution in [3.63, 3.8) is 0 Å². The Labute approximate surface area is 185 Å². The zero-order valence-corrected chi connectivity index (χ0v) is 17.8. The average molecular weight is 440 g/mol. The average Bonchev–Trinajstić information content (AvgIpc) is 3.14. The summed E-state index contributed by atoms with van der Waals surface area (Å²) >= 11 is 0. The summed E-state index contributed by atoms with van der Waals surface area (Å²) in [4.78, 5) is 4.43. The maximum atomic E-state index is 14.3. The Morgan fingerprint density at radius 3 is 2.36 bits per heavy atom. The Balaban J connectivity index is 1.96. The van der Waals surface area contributed by atoms with Gasteiger partial charge in [0.1, 0.15) is 5.52 Å². The van der Waals surface area contributed by atoms with Gasteiger partial charge in [0.2, 0.25) is 0 Å². The molecule has 3 nitrogen and oxygen atoms in total. The first-order chi connectivity index (χ1) is 15.9. The van der Waals surface area contributed by atoms with Crippen molar-refractivity contribution in [3.05, 3.63) is 78.1 Å². The fourth-order valence-electron chi connectivity index (χ4n) is 5.63. The van der Waals surface area contributed by atoms with E-state index < -0.39 is 11.7 Å². The summed E-state index contributed by atoms with van der Waals surface area (Å²) in [5.41, 5.74) is 3.93. The molecule has 0 spiro atoms. The lowest BCUT2D eigenvalue weighted by Gasteiger charge is -2.16.